The van der Waals surface area contributed by atoms with E-state index < -0.39 is 0 Å². The lowest BCUT2D eigenvalue weighted by Crippen LogP contribution is -2.29. The van der Waals surface area contributed by atoms with Gasteiger partial charge in [-0.2, -0.15) is 0 Å². The second kappa shape index (κ2) is 6.02. The third-order valence-electron chi connectivity index (χ3n) is 2.11. The summed E-state index contributed by atoms with van der Waals surface area (Å²) >= 11 is 0. The first-order valence-electron chi connectivity index (χ1n) is 5.15. The molecule has 1 atom stereocenters. The van der Waals surface area contributed by atoms with Gasteiger partial charge in [-0.15, -0.1) is 0 Å². The molecule has 84 valence electrons. The highest BCUT2D eigenvalue weighted by atomic mass is 16.5. The summed E-state index contributed by atoms with van der Waals surface area (Å²) in [5.74, 6) is -0.201. The van der Waals surface area contributed by atoms with Gasteiger partial charge in [-0.1, -0.05) is 27.7 Å². The minimum atomic E-state index is -0.145. The summed E-state index contributed by atoms with van der Waals surface area (Å²) in [5, 5.41) is 3.26. The Bertz CT molecular complexity index is 173. The number of methoxy groups -OCH3 is 1. The maximum atomic E-state index is 11.0. The molecule has 0 aromatic heterocycles. The fraction of sp³-hybridized carbons (Fsp3) is 0.909. The molecule has 0 aliphatic heterocycles. The second-order valence-corrected chi connectivity index (χ2v) is 4.94. The zero-order chi connectivity index (χ0) is 11.2. The predicted octanol–water partition coefficient (Wildman–Crippen LogP) is 1.82. The Morgan fingerprint density at radius 1 is 1.43 bits per heavy atom. The highest BCUT2D eigenvalue weighted by Gasteiger charge is 2.13. The molecule has 0 saturated carbocycles. The van der Waals surface area contributed by atoms with Gasteiger partial charge in [0.2, 0.25) is 0 Å². The van der Waals surface area contributed by atoms with Crippen molar-refractivity contribution in [2.45, 2.75) is 34.1 Å². The van der Waals surface area contributed by atoms with Crippen LogP contribution in [0.2, 0.25) is 0 Å². The van der Waals surface area contributed by atoms with E-state index in [1.165, 1.54) is 7.11 Å². The van der Waals surface area contributed by atoms with Crippen molar-refractivity contribution in [2.24, 2.45) is 11.3 Å². The van der Waals surface area contributed by atoms with Gasteiger partial charge in [-0.3, -0.25) is 4.79 Å². The highest BCUT2D eigenvalue weighted by molar-refractivity contribution is 5.71. The molecule has 3 nitrogen and oxygen atoms in total. The second-order valence-electron chi connectivity index (χ2n) is 4.94. The maximum absolute atomic E-state index is 11.0. The first kappa shape index (κ1) is 13.4. The van der Waals surface area contributed by atoms with Gasteiger partial charge in [0.1, 0.15) is 0 Å². The zero-order valence-corrected chi connectivity index (χ0v) is 10.0. The minimum Gasteiger partial charge on any atom is -0.469 e. The number of carbonyl (C=O) groups excluding carboxylic acids is 1. The van der Waals surface area contributed by atoms with Crippen LogP contribution in [0.4, 0.5) is 0 Å². The quantitative estimate of drug-likeness (QED) is 0.544. The number of hydrogen-bond donors (Lipinski definition) is 1. The van der Waals surface area contributed by atoms with E-state index in [9.17, 15) is 4.79 Å². The van der Waals surface area contributed by atoms with Gasteiger partial charge in [0.25, 0.3) is 0 Å². The Labute approximate surface area is 87.2 Å². The Balaban J connectivity index is 3.50. The molecule has 0 amide bonds. The molecule has 3 heteroatoms. The SMILES string of the molecule is COC(=O)C(C)CNCCC(C)(C)C. The Morgan fingerprint density at radius 2 is 2.00 bits per heavy atom. The van der Waals surface area contributed by atoms with E-state index in [4.69, 9.17) is 0 Å². The van der Waals surface area contributed by atoms with Crippen molar-refractivity contribution in [3.8, 4) is 0 Å². The Kier molecular flexibility index (Phi) is 5.77. The van der Waals surface area contributed by atoms with Crippen LogP contribution >= 0.6 is 0 Å². The number of carbonyl (C=O) groups is 1. The summed E-state index contributed by atoms with van der Waals surface area (Å²) in [5.41, 5.74) is 0.349. The molecule has 0 heterocycles. The molecule has 1 unspecified atom stereocenters. The monoisotopic (exact) mass is 201 g/mol. The van der Waals surface area contributed by atoms with Crippen LogP contribution in [-0.2, 0) is 9.53 Å². The molecule has 1 N–H and O–H groups in total. The molecule has 0 radical (unpaired) electrons. The van der Waals surface area contributed by atoms with Gasteiger partial charge in [-0.25, -0.2) is 0 Å². The van der Waals surface area contributed by atoms with E-state index in [-0.39, 0.29) is 11.9 Å². The lowest BCUT2D eigenvalue weighted by molar-refractivity contribution is -0.144. The van der Waals surface area contributed by atoms with Gasteiger partial charge in [0.05, 0.1) is 13.0 Å². The van der Waals surface area contributed by atoms with Crippen molar-refractivity contribution in [2.75, 3.05) is 20.2 Å². The molecule has 0 aromatic carbocycles. The van der Waals surface area contributed by atoms with Crippen LogP contribution in [0.1, 0.15) is 34.1 Å². The van der Waals surface area contributed by atoms with Crippen LogP contribution < -0.4 is 5.32 Å². The molecule has 0 bridgehead atoms. The van der Waals surface area contributed by atoms with Gasteiger partial charge in [-0.05, 0) is 18.4 Å². The standard InChI is InChI=1S/C11H23NO2/c1-9(10(13)14-5)8-12-7-6-11(2,3)4/h9,12H,6-8H2,1-5H3. The summed E-state index contributed by atoms with van der Waals surface area (Å²) in [7, 11) is 1.42. The molecule has 0 spiro atoms. The fourth-order valence-electron chi connectivity index (χ4n) is 1.07. The Morgan fingerprint density at radius 3 is 2.43 bits per heavy atom. The molecule has 0 saturated heterocycles. The molecule has 0 aliphatic carbocycles. The average molecular weight is 201 g/mol. The molecule has 0 fully saturated rings. The van der Waals surface area contributed by atoms with Crippen molar-refractivity contribution < 1.29 is 9.53 Å². The topological polar surface area (TPSA) is 38.3 Å². The van der Waals surface area contributed by atoms with E-state index in [0.29, 0.717) is 12.0 Å². The van der Waals surface area contributed by atoms with Crippen molar-refractivity contribution in [3.63, 3.8) is 0 Å². The summed E-state index contributed by atoms with van der Waals surface area (Å²) in [6.45, 7) is 10.1. The summed E-state index contributed by atoms with van der Waals surface area (Å²) < 4.78 is 4.63. The summed E-state index contributed by atoms with van der Waals surface area (Å²) in [4.78, 5) is 11.0. The smallest absolute Gasteiger partial charge is 0.309 e. The van der Waals surface area contributed by atoms with E-state index in [0.717, 1.165) is 13.0 Å². The van der Waals surface area contributed by atoms with Crippen LogP contribution in [0.5, 0.6) is 0 Å². The molecule has 0 rings (SSSR count). The maximum Gasteiger partial charge on any atom is 0.309 e. The zero-order valence-electron chi connectivity index (χ0n) is 10.0. The van der Waals surface area contributed by atoms with Crippen molar-refractivity contribution in [1.82, 2.24) is 5.32 Å². The van der Waals surface area contributed by atoms with Gasteiger partial charge in [0, 0.05) is 6.54 Å². The molecule has 14 heavy (non-hydrogen) atoms. The van der Waals surface area contributed by atoms with E-state index >= 15 is 0 Å². The van der Waals surface area contributed by atoms with E-state index in [1.807, 2.05) is 6.92 Å². The molecule has 0 aliphatic rings. The third-order valence-corrected chi connectivity index (χ3v) is 2.11. The average Bonchev–Trinajstić information content (AvgIpc) is 2.09. The summed E-state index contributed by atoms with van der Waals surface area (Å²) in [6.07, 6.45) is 1.11. The summed E-state index contributed by atoms with van der Waals surface area (Å²) in [6, 6.07) is 0. The van der Waals surface area contributed by atoms with Crippen LogP contribution in [0.3, 0.4) is 0 Å². The van der Waals surface area contributed by atoms with Crippen molar-refractivity contribution in [1.29, 1.82) is 0 Å². The third kappa shape index (κ3) is 6.89. The lowest BCUT2D eigenvalue weighted by atomic mass is 9.92. The van der Waals surface area contributed by atoms with Crippen LogP contribution in [0, 0.1) is 11.3 Å². The van der Waals surface area contributed by atoms with Crippen molar-refractivity contribution >= 4 is 5.97 Å². The molecular weight excluding hydrogens is 178 g/mol. The largest absolute Gasteiger partial charge is 0.469 e. The minimum absolute atomic E-state index is 0.0556. The number of hydrogen-bond acceptors (Lipinski definition) is 3. The number of ether oxygens (including phenoxy) is 1. The first-order valence-corrected chi connectivity index (χ1v) is 5.15. The number of nitrogens with one attached hydrogen (secondary N) is 1. The van der Waals surface area contributed by atoms with Gasteiger partial charge >= 0.3 is 5.97 Å². The first-order chi connectivity index (χ1) is 6.37. The van der Waals surface area contributed by atoms with Gasteiger partial charge in [0.15, 0.2) is 0 Å². The lowest BCUT2D eigenvalue weighted by Gasteiger charge is -2.18. The number of esters is 1. The molecule has 0 aromatic rings. The van der Waals surface area contributed by atoms with Crippen LogP contribution in [0.15, 0.2) is 0 Å². The highest BCUT2D eigenvalue weighted by Crippen LogP contribution is 2.16. The van der Waals surface area contributed by atoms with Crippen LogP contribution in [-0.4, -0.2) is 26.2 Å². The van der Waals surface area contributed by atoms with Gasteiger partial charge < -0.3 is 10.1 Å². The Hall–Kier alpha value is -0.570. The van der Waals surface area contributed by atoms with E-state index in [1.54, 1.807) is 0 Å². The normalized spacial score (nSPS) is 13.8. The van der Waals surface area contributed by atoms with Crippen LogP contribution in [0.25, 0.3) is 0 Å². The predicted molar refractivity (Wildman–Crippen MR) is 58.1 cm³/mol. The van der Waals surface area contributed by atoms with E-state index in [2.05, 4.69) is 30.8 Å². The number of rotatable bonds is 5. The van der Waals surface area contributed by atoms with Crippen molar-refractivity contribution in [3.05, 3.63) is 0 Å². The fourth-order valence-corrected chi connectivity index (χ4v) is 1.07. The molecular formula is C11H23NO2.